The number of hydrogen-bond acceptors (Lipinski definition) is 5. The summed E-state index contributed by atoms with van der Waals surface area (Å²) in [6, 6.07) is 9.23. The van der Waals surface area contributed by atoms with E-state index in [1.54, 1.807) is 7.11 Å². The average Bonchev–Trinajstić information content (AvgIpc) is 2.88. The number of hydrogen-bond donors (Lipinski definition) is 1. The number of nitrogens with zero attached hydrogens (tertiary/aromatic N) is 2. The Bertz CT molecular complexity index is 926. The van der Waals surface area contributed by atoms with Crippen molar-refractivity contribution in [2.45, 2.75) is 27.2 Å². The SMILES string of the molecule is CCc1cc2oc(C)c(C)c2c(N=Nc2ccccc2OC)c1O. The number of ether oxygens (including phenoxy) is 1. The Morgan fingerprint density at radius 1 is 1.17 bits per heavy atom. The van der Waals surface area contributed by atoms with E-state index in [9.17, 15) is 5.11 Å². The van der Waals surface area contributed by atoms with E-state index >= 15 is 0 Å². The summed E-state index contributed by atoms with van der Waals surface area (Å²) in [6.45, 7) is 5.83. The lowest BCUT2D eigenvalue weighted by molar-refractivity contribution is 0.416. The normalized spacial score (nSPS) is 11.5. The van der Waals surface area contributed by atoms with Gasteiger partial charge >= 0.3 is 0 Å². The molecule has 0 unspecified atom stereocenters. The van der Waals surface area contributed by atoms with Crippen molar-refractivity contribution in [3.63, 3.8) is 0 Å². The van der Waals surface area contributed by atoms with Crippen LogP contribution in [-0.2, 0) is 6.42 Å². The third-order valence-electron chi connectivity index (χ3n) is 4.21. The van der Waals surface area contributed by atoms with Crippen LogP contribution in [0.2, 0.25) is 0 Å². The van der Waals surface area contributed by atoms with Crippen molar-refractivity contribution in [2.75, 3.05) is 7.11 Å². The zero-order chi connectivity index (χ0) is 17.3. The molecular formula is C19H20N2O3. The van der Waals surface area contributed by atoms with E-state index in [4.69, 9.17) is 9.15 Å². The second-order valence-corrected chi connectivity index (χ2v) is 5.61. The molecule has 5 heteroatoms. The van der Waals surface area contributed by atoms with E-state index in [0.29, 0.717) is 29.1 Å². The molecule has 0 radical (unpaired) electrons. The van der Waals surface area contributed by atoms with Crippen molar-refractivity contribution in [1.82, 2.24) is 0 Å². The molecule has 3 rings (SSSR count). The first-order chi connectivity index (χ1) is 11.6. The summed E-state index contributed by atoms with van der Waals surface area (Å²) in [5.41, 5.74) is 3.49. The second-order valence-electron chi connectivity index (χ2n) is 5.61. The highest BCUT2D eigenvalue weighted by molar-refractivity contribution is 5.96. The van der Waals surface area contributed by atoms with E-state index in [2.05, 4.69) is 10.2 Å². The molecule has 124 valence electrons. The molecule has 0 atom stereocenters. The third-order valence-corrected chi connectivity index (χ3v) is 4.21. The molecule has 0 aliphatic rings. The number of furan rings is 1. The summed E-state index contributed by atoms with van der Waals surface area (Å²) in [6.07, 6.45) is 0.678. The molecule has 1 aromatic heterocycles. The fourth-order valence-corrected chi connectivity index (χ4v) is 2.73. The van der Waals surface area contributed by atoms with Crippen LogP contribution in [-0.4, -0.2) is 12.2 Å². The molecular weight excluding hydrogens is 304 g/mol. The predicted molar refractivity (Wildman–Crippen MR) is 93.9 cm³/mol. The van der Waals surface area contributed by atoms with Crippen molar-refractivity contribution < 1.29 is 14.3 Å². The first kappa shape index (κ1) is 16.1. The molecule has 0 aliphatic heterocycles. The topological polar surface area (TPSA) is 67.3 Å². The second kappa shape index (κ2) is 6.35. The molecule has 0 aliphatic carbocycles. The van der Waals surface area contributed by atoms with Gasteiger partial charge in [0.2, 0.25) is 0 Å². The lowest BCUT2D eigenvalue weighted by Gasteiger charge is -2.07. The van der Waals surface area contributed by atoms with Gasteiger partial charge in [-0.3, -0.25) is 0 Å². The molecule has 0 amide bonds. The molecule has 1 heterocycles. The summed E-state index contributed by atoms with van der Waals surface area (Å²) in [7, 11) is 1.59. The summed E-state index contributed by atoms with van der Waals surface area (Å²) >= 11 is 0. The van der Waals surface area contributed by atoms with Crippen LogP contribution in [0, 0.1) is 13.8 Å². The molecule has 0 spiro atoms. The Morgan fingerprint density at radius 2 is 1.92 bits per heavy atom. The van der Waals surface area contributed by atoms with Gasteiger partial charge in [0.25, 0.3) is 0 Å². The number of benzene rings is 2. The number of phenolic OH excluding ortho intramolecular Hbond substituents is 1. The van der Waals surface area contributed by atoms with Crippen molar-refractivity contribution in [2.24, 2.45) is 10.2 Å². The van der Waals surface area contributed by atoms with Gasteiger partial charge in [0, 0.05) is 5.56 Å². The fraction of sp³-hybridized carbons (Fsp3) is 0.263. The van der Waals surface area contributed by atoms with Crippen LogP contribution in [0.15, 0.2) is 45.0 Å². The molecule has 2 aromatic carbocycles. The Labute approximate surface area is 140 Å². The standard InChI is InChI=1S/C19H20N2O3/c1-5-13-10-16-17(11(2)12(3)24-16)18(19(13)22)21-20-14-8-6-7-9-15(14)23-4/h6-10,22H,5H2,1-4H3. The molecule has 3 aromatic rings. The number of aryl methyl sites for hydroxylation is 3. The Morgan fingerprint density at radius 3 is 2.62 bits per heavy atom. The van der Waals surface area contributed by atoms with Gasteiger partial charge in [-0.15, -0.1) is 10.2 Å². The van der Waals surface area contributed by atoms with Crippen LogP contribution in [0.1, 0.15) is 23.8 Å². The van der Waals surface area contributed by atoms with Crippen molar-refractivity contribution >= 4 is 22.3 Å². The molecule has 0 bridgehead atoms. The van der Waals surface area contributed by atoms with Gasteiger partial charge in [0.15, 0.2) is 0 Å². The smallest absolute Gasteiger partial charge is 0.147 e. The van der Waals surface area contributed by atoms with Crippen LogP contribution in [0.25, 0.3) is 11.0 Å². The highest BCUT2D eigenvalue weighted by Gasteiger charge is 2.18. The molecule has 1 N–H and O–H groups in total. The van der Waals surface area contributed by atoms with Crippen LogP contribution >= 0.6 is 0 Å². The van der Waals surface area contributed by atoms with E-state index < -0.39 is 0 Å². The Hall–Kier alpha value is -2.82. The Kier molecular flexibility index (Phi) is 4.25. The number of para-hydroxylation sites is 1. The fourth-order valence-electron chi connectivity index (χ4n) is 2.73. The maximum absolute atomic E-state index is 10.6. The lowest BCUT2D eigenvalue weighted by atomic mass is 10.0. The quantitative estimate of drug-likeness (QED) is 0.622. The largest absolute Gasteiger partial charge is 0.505 e. The van der Waals surface area contributed by atoms with Crippen molar-refractivity contribution in [3.05, 3.63) is 47.2 Å². The number of phenols is 1. The van der Waals surface area contributed by atoms with Crippen LogP contribution < -0.4 is 4.74 Å². The van der Waals surface area contributed by atoms with Crippen molar-refractivity contribution in [3.8, 4) is 11.5 Å². The number of methoxy groups -OCH3 is 1. The van der Waals surface area contributed by atoms with Gasteiger partial charge < -0.3 is 14.3 Å². The number of aromatic hydroxyl groups is 1. The summed E-state index contributed by atoms with van der Waals surface area (Å²) in [5, 5.41) is 20.0. The Balaban J connectivity index is 2.21. The van der Waals surface area contributed by atoms with Crippen LogP contribution in [0.4, 0.5) is 11.4 Å². The number of rotatable bonds is 4. The minimum absolute atomic E-state index is 0.146. The van der Waals surface area contributed by atoms with Crippen LogP contribution in [0.5, 0.6) is 11.5 Å². The van der Waals surface area contributed by atoms with E-state index in [1.165, 1.54) is 0 Å². The predicted octanol–water partition coefficient (Wildman–Crippen LogP) is 5.74. The first-order valence-electron chi connectivity index (χ1n) is 7.86. The molecule has 0 saturated carbocycles. The minimum Gasteiger partial charge on any atom is -0.505 e. The molecule has 0 saturated heterocycles. The molecule has 24 heavy (non-hydrogen) atoms. The lowest BCUT2D eigenvalue weighted by Crippen LogP contribution is -1.84. The monoisotopic (exact) mass is 324 g/mol. The summed E-state index contributed by atoms with van der Waals surface area (Å²) in [5.74, 6) is 1.59. The molecule has 0 fully saturated rings. The third kappa shape index (κ3) is 2.62. The summed E-state index contributed by atoms with van der Waals surface area (Å²) < 4.78 is 11.1. The highest BCUT2D eigenvalue weighted by atomic mass is 16.5. The van der Waals surface area contributed by atoms with Gasteiger partial charge in [-0.25, -0.2) is 0 Å². The average molecular weight is 324 g/mol. The zero-order valence-electron chi connectivity index (χ0n) is 14.3. The van der Waals surface area contributed by atoms with Gasteiger partial charge in [-0.05, 0) is 44.0 Å². The van der Waals surface area contributed by atoms with Crippen LogP contribution in [0.3, 0.4) is 0 Å². The van der Waals surface area contributed by atoms with Crippen molar-refractivity contribution in [1.29, 1.82) is 0 Å². The van der Waals surface area contributed by atoms with Gasteiger partial charge in [0.1, 0.15) is 34.2 Å². The number of azo groups is 1. The van der Waals surface area contributed by atoms with Gasteiger partial charge in [-0.1, -0.05) is 19.1 Å². The van der Waals surface area contributed by atoms with Gasteiger partial charge in [-0.2, -0.15) is 0 Å². The van der Waals surface area contributed by atoms with Gasteiger partial charge in [0.05, 0.1) is 12.5 Å². The van der Waals surface area contributed by atoms with E-state index in [-0.39, 0.29) is 5.75 Å². The summed E-state index contributed by atoms with van der Waals surface area (Å²) in [4.78, 5) is 0. The van der Waals surface area contributed by atoms with E-state index in [1.807, 2.05) is 51.1 Å². The maximum Gasteiger partial charge on any atom is 0.147 e. The minimum atomic E-state index is 0.146. The maximum atomic E-state index is 10.6. The van der Waals surface area contributed by atoms with E-state index in [0.717, 1.165) is 22.3 Å². The number of fused-ring (bicyclic) bond motifs is 1. The first-order valence-corrected chi connectivity index (χ1v) is 7.86. The zero-order valence-corrected chi connectivity index (χ0v) is 14.3. The molecule has 5 nitrogen and oxygen atoms in total. The highest BCUT2D eigenvalue weighted by Crippen LogP contribution is 2.43.